The molecular weight excluding hydrogens is 279 g/mol. The van der Waals surface area contributed by atoms with Crippen LogP contribution in [0.5, 0.6) is 0 Å². The Kier molecular flexibility index (Phi) is 6.43. The Balaban J connectivity index is 0.00000200. The first-order valence-corrected chi connectivity index (χ1v) is 6.87. The maximum absolute atomic E-state index is 12.7. The summed E-state index contributed by atoms with van der Waals surface area (Å²) in [6.07, 6.45) is 5.75. The van der Waals surface area contributed by atoms with Crippen LogP contribution in [0.25, 0.3) is 0 Å². The summed E-state index contributed by atoms with van der Waals surface area (Å²) in [6.45, 7) is 0.535. The normalized spacial score (nSPS) is 17.1. The Hall–Kier alpha value is -1.13. The van der Waals surface area contributed by atoms with E-state index >= 15 is 0 Å². The SMILES string of the molecule is Cl.NC1(CNC(=O)Cc2ccc(F)cc2)CCCCC1. The maximum Gasteiger partial charge on any atom is 0.224 e. The number of benzene rings is 1. The first-order valence-electron chi connectivity index (χ1n) is 6.87. The Labute approximate surface area is 125 Å². The fourth-order valence-electron chi connectivity index (χ4n) is 2.56. The molecule has 1 aliphatic carbocycles. The lowest BCUT2D eigenvalue weighted by atomic mass is 9.82. The zero-order chi connectivity index (χ0) is 13.7. The van der Waals surface area contributed by atoms with Crippen molar-refractivity contribution in [2.24, 2.45) is 5.73 Å². The fraction of sp³-hybridized carbons (Fsp3) is 0.533. The van der Waals surface area contributed by atoms with Gasteiger partial charge in [0.2, 0.25) is 5.91 Å². The van der Waals surface area contributed by atoms with Crippen LogP contribution < -0.4 is 11.1 Å². The van der Waals surface area contributed by atoms with E-state index in [1.165, 1.54) is 18.6 Å². The predicted molar refractivity (Wildman–Crippen MR) is 80.4 cm³/mol. The third-order valence-electron chi connectivity index (χ3n) is 3.76. The second-order valence-corrected chi connectivity index (χ2v) is 5.50. The molecule has 0 bridgehead atoms. The number of rotatable bonds is 4. The quantitative estimate of drug-likeness (QED) is 0.898. The third-order valence-corrected chi connectivity index (χ3v) is 3.76. The highest BCUT2D eigenvalue weighted by molar-refractivity contribution is 5.85. The number of nitrogens with two attached hydrogens (primary N) is 1. The van der Waals surface area contributed by atoms with Crippen LogP contribution in [-0.2, 0) is 11.2 Å². The summed E-state index contributed by atoms with van der Waals surface area (Å²) in [5, 5.41) is 2.90. The molecule has 0 spiro atoms. The minimum absolute atomic E-state index is 0. The van der Waals surface area contributed by atoms with Crippen LogP contribution in [0.4, 0.5) is 4.39 Å². The summed E-state index contributed by atoms with van der Waals surface area (Å²) < 4.78 is 12.7. The van der Waals surface area contributed by atoms with Crippen molar-refractivity contribution in [3.63, 3.8) is 0 Å². The lowest BCUT2D eigenvalue weighted by Crippen LogP contribution is -2.51. The van der Waals surface area contributed by atoms with Gasteiger partial charge < -0.3 is 11.1 Å². The molecule has 3 N–H and O–H groups in total. The molecule has 1 saturated carbocycles. The van der Waals surface area contributed by atoms with Gasteiger partial charge in [-0.1, -0.05) is 31.4 Å². The van der Waals surface area contributed by atoms with Crippen LogP contribution in [-0.4, -0.2) is 18.0 Å². The van der Waals surface area contributed by atoms with E-state index in [1.807, 2.05) is 0 Å². The van der Waals surface area contributed by atoms with E-state index in [4.69, 9.17) is 5.73 Å². The fourth-order valence-corrected chi connectivity index (χ4v) is 2.56. The van der Waals surface area contributed by atoms with Gasteiger partial charge in [0.15, 0.2) is 0 Å². The van der Waals surface area contributed by atoms with E-state index in [2.05, 4.69) is 5.32 Å². The number of nitrogens with one attached hydrogen (secondary N) is 1. The maximum atomic E-state index is 12.7. The highest BCUT2D eigenvalue weighted by Crippen LogP contribution is 2.25. The third kappa shape index (κ3) is 5.10. The van der Waals surface area contributed by atoms with Crippen LogP contribution >= 0.6 is 12.4 Å². The van der Waals surface area contributed by atoms with Crippen molar-refractivity contribution in [2.75, 3.05) is 6.54 Å². The van der Waals surface area contributed by atoms with Crippen LogP contribution in [0, 0.1) is 5.82 Å². The van der Waals surface area contributed by atoms with Gasteiger partial charge in [0.25, 0.3) is 0 Å². The van der Waals surface area contributed by atoms with Crippen molar-refractivity contribution in [3.05, 3.63) is 35.6 Å². The molecule has 112 valence electrons. The van der Waals surface area contributed by atoms with E-state index < -0.39 is 0 Å². The minimum Gasteiger partial charge on any atom is -0.354 e. The van der Waals surface area contributed by atoms with E-state index in [-0.39, 0.29) is 36.1 Å². The molecule has 0 radical (unpaired) electrons. The Bertz CT molecular complexity index is 430. The van der Waals surface area contributed by atoms with Crippen molar-refractivity contribution in [1.29, 1.82) is 0 Å². The van der Waals surface area contributed by atoms with Gasteiger partial charge in [-0.3, -0.25) is 4.79 Å². The molecule has 0 saturated heterocycles. The first kappa shape index (κ1) is 16.9. The second-order valence-electron chi connectivity index (χ2n) is 5.50. The van der Waals surface area contributed by atoms with E-state index in [9.17, 15) is 9.18 Å². The number of hydrogen-bond donors (Lipinski definition) is 2. The van der Waals surface area contributed by atoms with Crippen molar-refractivity contribution >= 4 is 18.3 Å². The molecule has 5 heteroatoms. The summed E-state index contributed by atoms with van der Waals surface area (Å²) in [4.78, 5) is 11.8. The molecule has 0 aromatic heterocycles. The summed E-state index contributed by atoms with van der Waals surface area (Å²) in [5.74, 6) is -0.339. The number of halogens is 2. The first-order chi connectivity index (χ1) is 9.07. The lowest BCUT2D eigenvalue weighted by molar-refractivity contribution is -0.120. The Morgan fingerprint density at radius 1 is 1.20 bits per heavy atom. The largest absolute Gasteiger partial charge is 0.354 e. The molecule has 3 nitrogen and oxygen atoms in total. The molecule has 0 atom stereocenters. The zero-order valence-electron chi connectivity index (χ0n) is 11.5. The van der Waals surface area contributed by atoms with Gasteiger partial charge >= 0.3 is 0 Å². The van der Waals surface area contributed by atoms with E-state index in [1.54, 1.807) is 12.1 Å². The highest BCUT2D eigenvalue weighted by Gasteiger charge is 2.27. The van der Waals surface area contributed by atoms with Gasteiger partial charge in [-0.05, 0) is 30.5 Å². The summed E-state index contributed by atoms with van der Waals surface area (Å²) in [7, 11) is 0. The van der Waals surface area contributed by atoms with Crippen molar-refractivity contribution in [3.8, 4) is 0 Å². The van der Waals surface area contributed by atoms with Crippen LogP contribution in [0.15, 0.2) is 24.3 Å². The monoisotopic (exact) mass is 300 g/mol. The van der Waals surface area contributed by atoms with Gasteiger partial charge in [-0.15, -0.1) is 12.4 Å². The molecule has 1 aliphatic rings. The van der Waals surface area contributed by atoms with Crippen LogP contribution in [0.1, 0.15) is 37.7 Å². The highest BCUT2D eigenvalue weighted by atomic mass is 35.5. The number of amides is 1. The minimum atomic E-state index is -0.285. The van der Waals surface area contributed by atoms with Crippen molar-refractivity contribution in [1.82, 2.24) is 5.32 Å². The zero-order valence-corrected chi connectivity index (χ0v) is 12.3. The van der Waals surface area contributed by atoms with Gasteiger partial charge in [0.1, 0.15) is 5.82 Å². The topological polar surface area (TPSA) is 55.1 Å². The molecule has 0 unspecified atom stereocenters. The number of carbonyl (C=O) groups excluding carboxylic acids is 1. The van der Waals surface area contributed by atoms with Gasteiger partial charge in [-0.25, -0.2) is 4.39 Å². The lowest BCUT2D eigenvalue weighted by Gasteiger charge is -2.33. The van der Waals surface area contributed by atoms with E-state index in [0.717, 1.165) is 31.2 Å². The molecule has 0 aliphatic heterocycles. The van der Waals surface area contributed by atoms with Gasteiger partial charge in [0.05, 0.1) is 6.42 Å². The number of hydrogen-bond acceptors (Lipinski definition) is 2. The predicted octanol–water partition coefficient (Wildman–Crippen LogP) is 2.57. The average Bonchev–Trinajstić information content (AvgIpc) is 2.40. The summed E-state index contributed by atoms with van der Waals surface area (Å²) in [6, 6.07) is 6.00. The summed E-state index contributed by atoms with van der Waals surface area (Å²) in [5.41, 5.74) is 6.83. The molecule has 0 heterocycles. The molecule has 1 amide bonds. The molecule has 1 aromatic rings. The standard InChI is InChI=1S/C15H21FN2O.ClH/c16-13-6-4-12(5-7-13)10-14(19)18-11-15(17)8-2-1-3-9-15;/h4-7H,1-3,8-11,17H2,(H,18,19);1H. The Morgan fingerprint density at radius 2 is 1.80 bits per heavy atom. The van der Waals surface area contributed by atoms with Crippen molar-refractivity contribution in [2.45, 2.75) is 44.1 Å². The molecule has 1 fully saturated rings. The van der Waals surface area contributed by atoms with Gasteiger partial charge in [-0.2, -0.15) is 0 Å². The van der Waals surface area contributed by atoms with Crippen LogP contribution in [0.2, 0.25) is 0 Å². The van der Waals surface area contributed by atoms with E-state index in [0.29, 0.717) is 6.54 Å². The second kappa shape index (κ2) is 7.60. The number of carbonyl (C=O) groups is 1. The van der Waals surface area contributed by atoms with Crippen molar-refractivity contribution < 1.29 is 9.18 Å². The average molecular weight is 301 g/mol. The van der Waals surface area contributed by atoms with Gasteiger partial charge in [0, 0.05) is 12.1 Å². The molecular formula is C15H22ClFN2O. The Morgan fingerprint density at radius 3 is 2.40 bits per heavy atom. The smallest absolute Gasteiger partial charge is 0.224 e. The molecule has 1 aromatic carbocycles. The molecule has 20 heavy (non-hydrogen) atoms. The molecule has 2 rings (SSSR count). The summed E-state index contributed by atoms with van der Waals surface area (Å²) >= 11 is 0. The van der Waals surface area contributed by atoms with Crippen LogP contribution in [0.3, 0.4) is 0 Å².